The van der Waals surface area contributed by atoms with E-state index in [0.29, 0.717) is 18.4 Å². The molecular weight excluding hydrogens is 260 g/mol. The lowest BCUT2D eigenvalue weighted by Crippen LogP contribution is -2.31. The number of hydrogen-bond acceptors (Lipinski definition) is 3. The Kier molecular flexibility index (Phi) is 4.02. The first kappa shape index (κ1) is 14.0. The molecule has 0 aromatic heterocycles. The molecule has 1 aromatic carbocycles. The van der Waals surface area contributed by atoms with Gasteiger partial charge in [0.2, 0.25) is 5.91 Å². The Morgan fingerprint density at radius 3 is 2.85 bits per heavy atom. The molecule has 0 radical (unpaired) electrons. The fraction of sp³-hybridized carbons (Fsp3) is 0.357. The molecule has 20 heavy (non-hydrogen) atoms. The molecule has 0 fully saturated rings. The lowest BCUT2D eigenvalue weighted by atomic mass is 10.00. The van der Waals surface area contributed by atoms with Gasteiger partial charge in [-0.3, -0.25) is 14.4 Å². The number of carboxylic acids is 1. The first-order valence-corrected chi connectivity index (χ1v) is 6.41. The van der Waals surface area contributed by atoms with Gasteiger partial charge >= 0.3 is 5.97 Å². The lowest BCUT2D eigenvalue weighted by Gasteiger charge is -2.17. The van der Waals surface area contributed by atoms with Gasteiger partial charge in [0.05, 0.1) is 5.92 Å². The number of carbonyl (C=O) groups is 3. The molecule has 1 heterocycles. The van der Waals surface area contributed by atoms with Crippen molar-refractivity contribution in [3.8, 4) is 0 Å². The van der Waals surface area contributed by atoms with Crippen molar-refractivity contribution in [3.05, 3.63) is 29.3 Å². The molecule has 3 N–H and O–H groups in total. The maximum atomic E-state index is 11.9. The van der Waals surface area contributed by atoms with Gasteiger partial charge in [-0.25, -0.2) is 0 Å². The lowest BCUT2D eigenvalue weighted by molar-refractivity contribution is -0.140. The van der Waals surface area contributed by atoms with Crippen LogP contribution in [0.15, 0.2) is 18.2 Å². The number of fused-ring (bicyclic) bond motifs is 1. The van der Waals surface area contributed by atoms with Crippen LogP contribution in [0, 0.1) is 5.92 Å². The number of carboxylic acid groups (broad SMARTS) is 1. The van der Waals surface area contributed by atoms with Crippen LogP contribution in [-0.4, -0.2) is 29.4 Å². The summed E-state index contributed by atoms with van der Waals surface area (Å²) < 4.78 is 0. The summed E-state index contributed by atoms with van der Waals surface area (Å²) in [5.41, 5.74) is 2.12. The number of carbonyl (C=O) groups excluding carboxylic acids is 2. The normalized spacial score (nSPS) is 14.9. The largest absolute Gasteiger partial charge is 0.481 e. The second-order valence-electron chi connectivity index (χ2n) is 4.87. The number of benzene rings is 1. The van der Waals surface area contributed by atoms with E-state index >= 15 is 0 Å². The highest BCUT2D eigenvalue weighted by molar-refractivity contribution is 5.98. The van der Waals surface area contributed by atoms with E-state index < -0.39 is 11.9 Å². The minimum atomic E-state index is -0.946. The van der Waals surface area contributed by atoms with E-state index in [0.717, 1.165) is 11.3 Å². The van der Waals surface area contributed by atoms with E-state index in [2.05, 4.69) is 10.6 Å². The smallest absolute Gasteiger partial charge is 0.308 e. The molecule has 0 saturated heterocycles. The molecule has 106 valence electrons. The summed E-state index contributed by atoms with van der Waals surface area (Å²) in [6, 6.07) is 5.04. The standard InChI is InChI=1S/C14H16N2O4/c1-8(14(19)20)7-15-13(18)10-2-4-11-9(6-10)3-5-12(17)16-11/h2,4,6,8H,3,5,7H2,1H3,(H,15,18)(H,16,17)(H,19,20)/t8-/m1/s1. The van der Waals surface area contributed by atoms with Crippen molar-refractivity contribution < 1.29 is 19.5 Å². The zero-order valence-electron chi connectivity index (χ0n) is 11.1. The van der Waals surface area contributed by atoms with Crippen molar-refractivity contribution >= 4 is 23.5 Å². The molecule has 2 rings (SSSR count). The summed E-state index contributed by atoms with van der Waals surface area (Å²) in [6.45, 7) is 1.62. The van der Waals surface area contributed by atoms with Crippen molar-refractivity contribution in [1.82, 2.24) is 5.32 Å². The van der Waals surface area contributed by atoms with Crippen molar-refractivity contribution in [1.29, 1.82) is 0 Å². The van der Waals surface area contributed by atoms with Gasteiger partial charge in [-0.05, 0) is 30.2 Å². The first-order valence-electron chi connectivity index (χ1n) is 6.41. The monoisotopic (exact) mass is 276 g/mol. The highest BCUT2D eigenvalue weighted by Gasteiger charge is 2.17. The van der Waals surface area contributed by atoms with Crippen molar-refractivity contribution in [2.75, 3.05) is 11.9 Å². The number of aryl methyl sites for hydroxylation is 1. The molecule has 0 bridgehead atoms. The summed E-state index contributed by atoms with van der Waals surface area (Å²) in [6.07, 6.45) is 1.02. The van der Waals surface area contributed by atoms with Crippen LogP contribution >= 0.6 is 0 Å². The molecule has 1 aliphatic heterocycles. The van der Waals surface area contributed by atoms with E-state index in [1.165, 1.54) is 6.92 Å². The Bertz CT molecular complexity index is 568. The minimum Gasteiger partial charge on any atom is -0.481 e. The Labute approximate surface area is 116 Å². The predicted octanol–water partition coefficient (Wildman–Crippen LogP) is 1.02. The van der Waals surface area contributed by atoms with Crippen molar-refractivity contribution in [3.63, 3.8) is 0 Å². The number of nitrogens with one attached hydrogen (secondary N) is 2. The van der Waals surface area contributed by atoms with Crippen molar-refractivity contribution in [2.45, 2.75) is 19.8 Å². The number of hydrogen-bond donors (Lipinski definition) is 3. The van der Waals surface area contributed by atoms with Crippen LogP contribution < -0.4 is 10.6 Å². The molecule has 1 aromatic rings. The second-order valence-corrected chi connectivity index (χ2v) is 4.87. The average molecular weight is 276 g/mol. The highest BCUT2D eigenvalue weighted by Crippen LogP contribution is 2.23. The Balaban J connectivity index is 2.04. The molecule has 2 amide bonds. The van der Waals surface area contributed by atoms with Crippen LogP contribution in [0.2, 0.25) is 0 Å². The molecule has 1 aliphatic rings. The third-order valence-electron chi connectivity index (χ3n) is 3.25. The highest BCUT2D eigenvalue weighted by atomic mass is 16.4. The zero-order chi connectivity index (χ0) is 14.7. The maximum Gasteiger partial charge on any atom is 0.308 e. The van der Waals surface area contributed by atoms with Gasteiger partial charge in [0, 0.05) is 24.2 Å². The van der Waals surface area contributed by atoms with Crippen molar-refractivity contribution in [2.24, 2.45) is 5.92 Å². The molecular formula is C14H16N2O4. The average Bonchev–Trinajstić information content (AvgIpc) is 2.43. The third-order valence-corrected chi connectivity index (χ3v) is 3.25. The quantitative estimate of drug-likeness (QED) is 0.765. The van der Waals surface area contributed by atoms with Gasteiger partial charge in [0.1, 0.15) is 0 Å². The van der Waals surface area contributed by atoms with Crippen LogP contribution in [0.4, 0.5) is 5.69 Å². The minimum absolute atomic E-state index is 0.0232. The van der Waals surface area contributed by atoms with Gasteiger partial charge in [-0.2, -0.15) is 0 Å². The van der Waals surface area contributed by atoms with E-state index in [1.807, 2.05) is 0 Å². The van der Waals surface area contributed by atoms with Gasteiger partial charge < -0.3 is 15.7 Å². The van der Waals surface area contributed by atoms with E-state index in [1.54, 1.807) is 18.2 Å². The number of amides is 2. The van der Waals surface area contributed by atoms with Crippen LogP contribution in [0.3, 0.4) is 0 Å². The van der Waals surface area contributed by atoms with Crippen LogP contribution in [-0.2, 0) is 16.0 Å². The first-order chi connectivity index (χ1) is 9.47. The summed E-state index contributed by atoms with van der Waals surface area (Å²) >= 11 is 0. The Hall–Kier alpha value is -2.37. The molecule has 0 unspecified atom stereocenters. The predicted molar refractivity (Wildman–Crippen MR) is 72.5 cm³/mol. The third kappa shape index (κ3) is 3.14. The number of anilines is 1. The Morgan fingerprint density at radius 1 is 1.40 bits per heavy atom. The fourth-order valence-corrected chi connectivity index (χ4v) is 1.96. The SMILES string of the molecule is C[C@H](CNC(=O)c1ccc2c(c1)CCC(=O)N2)C(=O)O. The summed E-state index contributed by atoms with van der Waals surface area (Å²) in [5.74, 6) is -1.91. The van der Waals surface area contributed by atoms with Crippen LogP contribution in [0.1, 0.15) is 29.3 Å². The molecule has 6 heteroatoms. The van der Waals surface area contributed by atoms with Crippen LogP contribution in [0.5, 0.6) is 0 Å². The zero-order valence-corrected chi connectivity index (χ0v) is 11.1. The maximum absolute atomic E-state index is 11.9. The topological polar surface area (TPSA) is 95.5 Å². The molecule has 6 nitrogen and oxygen atoms in total. The van der Waals surface area contributed by atoms with E-state index in [-0.39, 0.29) is 18.4 Å². The van der Waals surface area contributed by atoms with E-state index in [4.69, 9.17) is 5.11 Å². The van der Waals surface area contributed by atoms with E-state index in [9.17, 15) is 14.4 Å². The van der Waals surface area contributed by atoms with Gasteiger partial charge in [0.25, 0.3) is 5.91 Å². The van der Waals surface area contributed by atoms with Gasteiger partial charge in [-0.15, -0.1) is 0 Å². The number of aliphatic carboxylic acids is 1. The molecule has 1 atom stereocenters. The fourth-order valence-electron chi connectivity index (χ4n) is 1.96. The number of rotatable bonds is 4. The Morgan fingerprint density at radius 2 is 2.15 bits per heavy atom. The molecule has 0 aliphatic carbocycles. The van der Waals surface area contributed by atoms with Crippen LogP contribution in [0.25, 0.3) is 0 Å². The summed E-state index contributed by atoms with van der Waals surface area (Å²) in [7, 11) is 0. The molecule has 0 saturated carbocycles. The van der Waals surface area contributed by atoms with Gasteiger partial charge in [0.15, 0.2) is 0 Å². The van der Waals surface area contributed by atoms with Gasteiger partial charge in [-0.1, -0.05) is 6.92 Å². The molecule has 0 spiro atoms. The second kappa shape index (κ2) is 5.73. The summed E-state index contributed by atoms with van der Waals surface area (Å²) in [4.78, 5) is 33.8. The summed E-state index contributed by atoms with van der Waals surface area (Å²) in [5, 5.41) is 14.1.